The van der Waals surface area contributed by atoms with E-state index >= 15 is 0 Å². The molecule has 0 radical (unpaired) electrons. The van der Waals surface area contributed by atoms with Crippen LogP contribution in [0, 0.1) is 13.8 Å². The fourth-order valence-corrected chi connectivity index (χ4v) is 3.35. The third kappa shape index (κ3) is 3.65. The van der Waals surface area contributed by atoms with Crippen LogP contribution in [0.5, 0.6) is 0 Å². The molecule has 3 heterocycles. The standard InChI is InChI=1S/C17H20N4OS/c1-4-14(17-21-11(2)12(3)23-17)18-8-13-9-19-16(20-10-13)15-6-5-7-22-15/h5-7,9-10,14,18H,4,8H2,1-3H3. The Balaban J connectivity index is 1.64. The molecular weight excluding hydrogens is 308 g/mol. The predicted molar refractivity (Wildman–Crippen MR) is 91.2 cm³/mol. The molecule has 1 unspecified atom stereocenters. The highest BCUT2D eigenvalue weighted by atomic mass is 32.1. The molecule has 0 aromatic carbocycles. The molecule has 0 aliphatic carbocycles. The number of hydrogen-bond donors (Lipinski definition) is 1. The van der Waals surface area contributed by atoms with E-state index in [4.69, 9.17) is 4.42 Å². The molecule has 1 N–H and O–H groups in total. The summed E-state index contributed by atoms with van der Waals surface area (Å²) in [6.07, 6.45) is 6.29. The van der Waals surface area contributed by atoms with Crippen LogP contribution in [0.4, 0.5) is 0 Å². The van der Waals surface area contributed by atoms with Crippen LogP contribution in [-0.4, -0.2) is 15.0 Å². The van der Waals surface area contributed by atoms with Crippen LogP contribution in [-0.2, 0) is 6.54 Å². The van der Waals surface area contributed by atoms with Crippen molar-refractivity contribution in [2.45, 2.75) is 39.8 Å². The molecule has 0 amide bonds. The van der Waals surface area contributed by atoms with Crippen molar-refractivity contribution in [3.8, 4) is 11.6 Å². The van der Waals surface area contributed by atoms with Crippen molar-refractivity contribution < 1.29 is 4.42 Å². The Kier molecular flexibility index (Phi) is 4.83. The summed E-state index contributed by atoms with van der Waals surface area (Å²) in [5.74, 6) is 1.29. The summed E-state index contributed by atoms with van der Waals surface area (Å²) in [7, 11) is 0. The van der Waals surface area contributed by atoms with Crippen LogP contribution < -0.4 is 5.32 Å². The summed E-state index contributed by atoms with van der Waals surface area (Å²) in [6, 6.07) is 3.95. The number of nitrogens with zero attached hydrogens (tertiary/aromatic N) is 3. The van der Waals surface area contributed by atoms with Gasteiger partial charge in [-0.25, -0.2) is 15.0 Å². The Morgan fingerprint density at radius 1 is 1.26 bits per heavy atom. The van der Waals surface area contributed by atoms with Crippen LogP contribution in [0.1, 0.15) is 40.5 Å². The van der Waals surface area contributed by atoms with Crippen molar-refractivity contribution in [3.05, 3.63) is 51.9 Å². The van der Waals surface area contributed by atoms with E-state index in [9.17, 15) is 0 Å². The molecule has 0 fully saturated rings. The van der Waals surface area contributed by atoms with Crippen LogP contribution >= 0.6 is 11.3 Å². The zero-order chi connectivity index (χ0) is 16.2. The molecule has 5 nitrogen and oxygen atoms in total. The lowest BCUT2D eigenvalue weighted by molar-refractivity contribution is 0.514. The second-order valence-corrected chi connectivity index (χ2v) is 6.66. The molecule has 0 bridgehead atoms. The maximum absolute atomic E-state index is 5.30. The predicted octanol–water partition coefficient (Wildman–Crippen LogP) is 4.05. The Hall–Kier alpha value is -2.05. The van der Waals surface area contributed by atoms with Gasteiger partial charge < -0.3 is 9.73 Å². The number of aromatic nitrogens is 3. The second-order valence-electron chi connectivity index (χ2n) is 5.43. The number of aryl methyl sites for hydroxylation is 2. The van der Waals surface area contributed by atoms with Gasteiger partial charge >= 0.3 is 0 Å². The molecule has 3 rings (SSSR count). The largest absolute Gasteiger partial charge is 0.461 e. The van der Waals surface area contributed by atoms with Crippen molar-refractivity contribution in [2.75, 3.05) is 0 Å². The maximum Gasteiger partial charge on any atom is 0.195 e. The number of hydrogen-bond acceptors (Lipinski definition) is 6. The minimum absolute atomic E-state index is 0.261. The number of thiazole rings is 1. The quantitative estimate of drug-likeness (QED) is 0.739. The molecule has 3 aromatic heterocycles. The third-order valence-electron chi connectivity index (χ3n) is 3.75. The average molecular weight is 328 g/mol. The lowest BCUT2D eigenvalue weighted by Crippen LogP contribution is -2.20. The first kappa shape index (κ1) is 15.8. The fraction of sp³-hybridized carbons (Fsp3) is 0.353. The van der Waals surface area contributed by atoms with E-state index in [0.29, 0.717) is 18.1 Å². The van der Waals surface area contributed by atoms with Crippen LogP contribution in [0.15, 0.2) is 35.2 Å². The van der Waals surface area contributed by atoms with Crippen LogP contribution in [0.3, 0.4) is 0 Å². The summed E-state index contributed by atoms with van der Waals surface area (Å²) in [4.78, 5) is 14.7. The minimum Gasteiger partial charge on any atom is -0.461 e. The lowest BCUT2D eigenvalue weighted by Gasteiger charge is -2.14. The molecular formula is C17H20N4OS. The highest BCUT2D eigenvalue weighted by Gasteiger charge is 2.14. The normalized spacial score (nSPS) is 12.5. The molecule has 1 atom stereocenters. The first-order valence-electron chi connectivity index (χ1n) is 7.69. The lowest BCUT2D eigenvalue weighted by atomic mass is 10.2. The molecule has 3 aromatic rings. The average Bonchev–Trinajstić information content (AvgIpc) is 3.20. The molecule has 0 aliphatic heterocycles. The van der Waals surface area contributed by atoms with E-state index in [-0.39, 0.29) is 6.04 Å². The molecule has 0 spiro atoms. The van der Waals surface area contributed by atoms with Gasteiger partial charge in [0.25, 0.3) is 0 Å². The maximum atomic E-state index is 5.30. The van der Waals surface area contributed by atoms with Crippen LogP contribution in [0.25, 0.3) is 11.6 Å². The van der Waals surface area contributed by atoms with E-state index in [0.717, 1.165) is 22.7 Å². The van der Waals surface area contributed by atoms with Crippen LogP contribution in [0.2, 0.25) is 0 Å². The highest BCUT2D eigenvalue weighted by molar-refractivity contribution is 7.11. The molecule has 23 heavy (non-hydrogen) atoms. The van der Waals surface area contributed by atoms with E-state index in [2.05, 4.69) is 41.0 Å². The zero-order valence-electron chi connectivity index (χ0n) is 13.5. The van der Waals surface area contributed by atoms with E-state index < -0.39 is 0 Å². The summed E-state index contributed by atoms with van der Waals surface area (Å²) in [5, 5.41) is 4.69. The number of furan rings is 1. The van der Waals surface area contributed by atoms with E-state index in [1.165, 1.54) is 4.88 Å². The molecule has 0 saturated heterocycles. The van der Waals surface area contributed by atoms with Gasteiger partial charge in [0.15, 0.2) is 11.6 Å². The van der Waals surface area contributed by atoms with Gasteiger partial charge in [-0.2, -0.15) is 0 Å². The smallest absolute Gasteiger partial charge is 0.195 e. The summed E-state index contributed by atoms with van der Waals surface area (Å²) < 4.78 is 5.30. The second kappa shape index (κ2) is 7.02. The highest BCUT2D eigenvalue weighted by Crippen LogP contribution is 2.25. The van der Waals surface area contributed by atoms with E-state index in [1.807, 2.05) is 24.5 Å². The monoisotopic (exact) mass is 328 g/mol. The van der Waals surface area contributed by atoms with Gasteiger partial charge in [0.2, 0.25) is 0 Å². The molecule has 0 aliphatic rings. The van der Waals surface area contributed by atoms with Gasteiger partial charge in [-0.1, -0.05) is 6.92 Å². The van der Waals surface area contributed by atoms with Crippen molar-refractivity contribution in [2.24, 2.45) is 0 Å². The Morgan fingerprint density at radius 2 is 2.04 bits per heavy atom. The Bertz CT molecular complexity index is 730. The zero-order valence-corrected chi connectivity index (χ0v) is 14.4. The summed E-state index contributed by atoms with van der Waals surface area (Å²) >= 11 is 1.77. The minimum atomic E-state index is 0.261. The first-order valence-corrected chi connectivity index (χ1v) is 8.51. The van der Waals surface area contributed by atoms with Gasteiger partial charge in [0, 0.05) is 29.4 Å². The SMILES string of the molecule is CCC(NCc1cnc(-c2ccco2)nc1)c1nc(C)c(C)s1. The molecule has 6 heteroatoms. The summed E-state index contributed by atoms with van der Waals surface area (Å²) in [6.45, 7) is 7.06. The number of nitrogens with one attached hydrogen (secondary N) is 1. The van der Waals surface area contributed by atoms with Crippen molar-refractivity contribution >= 4 is 11.3 Å². The van der Waals surface area contributed by atoms with E-state index in [1.54, 1.807) is 17.6 Å². The summed E-state index contributed by atoms with van der Waals surface area (Å²) in [5.41, 5.74) is 2.17. The van der Waals surface area contributed by atoms with Gasteiger partial charge in [-0.15, -0.1) is 11.3 Å². The topological polar surface area (TPSA) is 63.8 Å². The number of rotatable bonds is 6. The first-order chi connectivity index (χ1) is 11.2. The van der Waals surface area contributed by atoms with Gasteiger partial charge in [0.1, 0.15) is 5.01 Å². The van der Waals surface area contributed by atoms with Gasteiger partial charge in [-0.05, 0) is 32.4 Å². The Morgan fingerprint density at radius 3 is 2.61 bits per heavy atom. The van der Waals surface area contributed by atoms with Crippen molar-refractivity contribution in [1.29, 1.82) is 0 Å². The van der Waals surface area contributed by atoms with Crippen molar-refractivity contribution in [3.63, 3.8) is 0 Å². The van der Waals surface area contributed by atoms with Gasteiger partial charge in [-0.3, -0.25) is 0 Å². The van der Waals surface area contributed by atoms with Gasteiger partial charge in [0.05, 0.1) is 18.0 Å². The Labute approximate surface area is 139 Å². The fourth-order valence-electron chi connectivity index (χ4n) is 2.27. The third-order valence-corrected chi connectivity index (χ3v) is 4.94. The molecule has 0 saturated carbocycles. The molecule has 120 valence electrons. The van der Waals surface area contributed by atoms with Crippen molar-refractivity contribution in [1.82, 2.24) is 20.3 Å².